The Hall–Kier alpha value is -3.38. The van der Waals surface area contributed by atoms with Crippen LogP contribution >= 0.6 is 0 Å². The molecule has 6 nitrogen and oxygen atoms in total. The SMILES string of the molecule is C=C(C)C(=O)OC.C=C(C)COC(C)Oc1ccc(C(=O)c2ccccc2)c(O)c1. The molecule has 0 heterocycles. The predicted molar refractivity (Wildman–Crippen MR) is 116 cm³/mol. The van der Waals surface area contributed by atoms with Gasteiger partial charge in [-0.2, -0.15) is 0 Å². The number of hydrogen-bond donors (Lipinski definition) is 1. The average Bonchev–Trinajstić information content (AvgIpc) is 2.72. The lowest BCUT2D eigenvalue weighted by atomic mass is 10.0. The topological polar surface area (TPSA) is 82.1 Å². The lowest BCUT2D eigenvalue weighted by Gasteiger charge is -2.16. The first-order valence-corrected chi connectivity index (χ1v) is 9.25. The molecule has 2 aromatic carbocycles. The molecule has 2 aromatic rings. The number of phenolic OH excluding ortho intramolecular Hbond substituents is 1. The van der Waals surface area contributed by atoms with Crippen molar-refractivity contribution in [1.82, 2.24) is 0 Å². The number of phenols is 1. The summed E-state index contributed by atoms with van der Waals surface area (Å²) in [5, 5.41) is 10.1. The predicted octanol–water partition coefficient (Wildman–Crippen LogP) is 4.68. The molecule has 1 atom stereocenters. The second-order valence-electron chi connectivity index (χ2n) is 6.60. The summed E-state index contributed by atoms with van der Waals surface area (Å²) in [6.45, 7) is 12.7. The van der Waals surface area contributed by atoms with E-state index in [2.05, 4.69) is 17.9 Å². The monoisotopic (exact) mass is 412 g/mol. The number of benzene rings is 2. The van der Waals surface area contributed by atoms with Crippen LogP contribution in [0.4, 0.5) is 0 Å². The van der Waals surface area contributed by atoms with Gasteiger partial charge in [-0.25, -0.2) is 4.79 Å². The minimum atomic E-state index is -0.484. The molecule has 0 aliphatic heterocycles. The van der Waals surface area contributed by atoms with Crippen molar-refractivity contribution in [3.63, 3.8) is 0 Å². The first kappa shape index (κ1) is 24.7. The molecule has 1 unspecified atom stereocenters. The zero-order valence-electron chi connectivity index (χ0n) is 17.8. The molecule has 0 spiro atoms. The van der Waals surface area contributed by atoms with Crippen molar-refractivity contribution in [1.29, 1.82) is 0 Å². The molecule has 0 saturated heterocycles. The van der Waals surface area contributed by atoms with E-state index in [1.165, 1.54) is 13.2 Å². The number of methoxy groups -OCH3 is 1. The molecule has 0 aliphatic rings. The molecule has 0 saturated carbocycles. The van der Waals surface area contributed by atoms with Crippen LogP contribution in [-0.2, 0) is 14.3 Å². The van der Waals surface area contributed by atoms with Gasteiger partial charge in [-0.1, -0.05) is 49.1 Å². The van der Waals surface area contributed by atoms with Gasteiger partial charge in [-0.15, -0.1) is 0 Å². The first-order valence-electron chi connectivity index (χ1n) is 9.25. The minimum Gasteiger partial charge on any atom is -0.507 e. The van der Waals surface area contributed by atoms with Gasteiger partial charge in [0.15, 0.2) is 12.1 Å². The summed E-state index contributed by atoms with van der Waals surface area (Å²) < 4.78 is 15.2. The summed E-state index contributed by atoms with van der Waals surface area (Å²) in [5.74, 6) is -0.272. The zero-order chi connectivity index (χ0) is 22.7. The molecule has 1 N–H and O–H groups in total. The number of ether oxygens (including phenoxy) is 3. The van der Waals surface area contributed by atoms with Crippen molar-refractivity contribution in [3.05, 3.63) is 84.0 Å². The Kier molecular flexibility index (Phi) is 10.1. The minimum absolute atomic E-state index is 0.122. The fourth-order valence-electron chi connectivity index (χ4n) is 2.18. The van der Waals surface area contributed by atoms with Crippen LogP contribution in [0.15, 0.2) is 72.8 Å². The number of carbonyl (C=O) groups is 2. The van der Waals surface area contributed by atoms with E-state index in [1.54, 1.807) is 50.2 Å². The van der Waals surface area contributed by atoms with Gasteiger partial charge in [-0.3, -0.25) is 4.79 Å². The number of esters is 1. The Labute approximate surface area is 177 Å². The number of carbonyl (C=O) groups excluding carboxylic acids is 2. The van der Waals surface area contributed by atoms with Gasteiger partial charge in [0.2, 0.25) is 0 Å². The number of aromatic hydroxyl groups is 1. The van der Waals surface area contributed by atoms with Crippen molar-refractivity contribution in [2.45, 2.75) is 27.1 Å². The molecule has 0 radical (unpaired) electrons. The van der Waals surface area contributed by atoms with Crippen LogP contribution in [0.3, 0.4) is 0 Å². The van der Waals surface area contributed by atoms with Gasteiger partial charge in [0.05, 0.1) is 19.3 Å². The van der Waals surface area contributed by atoms with E-state index in [9.17, 15) is 14.7 Å². The fourth-order valence-corrected chi connectivity index (χ4v) is 2.18. The Morgan fingerprint density at radius 2 is 1.70 bits per heavy atom. The molecule has 160 valence electrons. The molecule has 0 aromatic heterocycles. The normalized spacial score (nSPS) is 10.8. The zero-order valence-corrected chi connectivity index (χ0v) is 17.8. The Morgan fingerprint density at radius 1 is 1.07 bits per heavy atom. The van der Waals surface area contributed by atoms with Gasteiger partial charge in [0.1, 0.15) is 11.5 Å². The maximum atomic E-state index is 12.3. The Bertz CT molecular complexity index is 886. The summed E-state index contributed by atoms with van der Waals surface area (Å²) in [7, 11) is 1.33. The van der Waals surface area contributed by atoms with E-state index >= 15 is 0 Å². The summed E-state index contributed by atoms with van der Waals surface area (Å²) in [4.78, 5) is 22.5. The van der Waals surface area contributed by atoms with Crippen LogP contribution in [0, 0.1) is 0 Å². The number of ketones is 1. The molecular weight excluding hydrogens is 384 g/mol. The molecule has 2 rings (SSSR count). The van der Waals surface area contributed by atoms with Crippen LogP contribution in [0.1, 0.15) is 36.7 Å². The Balaban J connectivity index is 0.000000553. The van der Waals surface area contributed by atoms with E-state index in [0.29, 0.717) is 23.5 Å². The van der Waals surface area contributed by atoms with Crippen molar-refractivity contribution in [2.24, 2.45) is 0 Å². The molecule has 30 heavy (non-hydrogen) atoms. The first-order chi connectivity index (χ1) is 14.1. The average molecular weight is 412 g/mol. The highest BCUT2D eigenvalue weighted by atomic mass is 16.7. The van der Waals surface area contributed by atoms with Crippen molar-refractivity contribution in [3.8, 4) is 11.5 Å². The van der Waals surface area contributed by atoms with Gasteiger partial charge in [0, 0.05) is 17.2 Å². The van der Waals surface area contributed by atoms with Gasteiger partial charge >= 0.3 is 5.97 Å². The van der Waals surface area contributed by atoms with E-state index in [0.717, 1.165) is 5.57 Å². The summed E-state index contributed by atoms with van der Waals surface area (Å²) in [6.07, 6.45) is -0.484. The second kappa shape index (κ2) is 12.2. The van der Waals surface area contributed by atoms with E-state index in [4.69, 9.17) is 9.47 Å². The molecule has 0 amide bonds. The smallest absolute Gasteiger partial charge is 0.332 e. The van der Waals surface area contributed by atoms with Gasteiger partial charge < -0.3 is 19.3 Å². The third-order valence-corrected chi connectivity index (χ3v) is 3.65. The molecule has 0 aliphatic carbocycles. The Morgan fingerprint density at radius 3 is 2.17 bits per heavy atom. The van der Waals surface area contributed by atoms with Crippen molar-refractivity contribution in [2.75, 3.05) is 13.7 Å². The number of rotatable bonds is 8. The second-order valence-corrected chi connectivity index (χ2v) is 6.60. The molecule has 0 fully saturated rings. The van der Waals surface area contributed by atoms with Gasteiger partial charge in [0.25, 0.3) is 0 Å². The summed E-state index contributed by atoms with van der Waals surface area (Å²) >= 11 is 0. The fraction of sp³-hybridized carbons (Fsp3) is 0.250. The van der Waals surface area contributed by atoms with Crippen LogP contribution < -0.4 is 4.74 Å². The van der Waals surface area contributed by atoms with E-state index in [1.807, 2.05) is 13.0 Å². The summed E-state index contributed by atoms with van der Waals surface area (Å²) in [6, 6.07) is 13.4. The maximum Gasteiger partial charge on any atom is 0.332 e. The van der Waals surface area contributed by atoms with Crippen LogP contribution in [0.5, 0.6) is 11.5 Å². The highest BCUT2D eigenvalue weighted by Crippen LogP contribution is 2.26. The van der Waals surface area contributed by atoms with Crippen molar-refractivity contribution < 1.29 is 28.9 Å². The molecule has 6 heteroatoms. The van der Waals surface area contributed by atoms with E-state index < -0.39 is 6.29 Å². The lowest BCUT2D eigenvalue weighted by molar-refractivity contribution is -0.136. The van der Waals surface area contributed by atoms with E-state index in [-0.39, 0.29) is 23.1 Å². The third-order valence-electron chi connectivity index (χ3n) is 3.65. The summed E-state index contributed by atoms with van der Waals surface area (Å²) in [5.41, 5.74) is 2.09. The lowest BCUT2D eigenvalue weighted by Crippen LogP contribution is -2.17. The largest absolute Gasteiger partial charge is 0.507 e. The third kappa shape index (κ3) is 8.32. The van der Waals surface area contributed by atoms with Gasteiger partial charge in [-0.05, 0) is 32.9 Å². The van der Waals surface area contributed by atoms with Crippen LogP contribution in [0.25, 0.3) is 0 Å². The highest BCUT2D eigenvalue weighted by Gasteiger charge is 2.15. The van der Waals surface area contributed by atoms with Crippen LogP contribution in [-0.4, -0.2) is 36.9 Å². The van der Waals surface area contributed by atoms with Crippen molar-refractivity contribution >= 4 is 11.8 Å². The molecule has 0 bridgehead atoms. The highest BCUT2D eigenvalue weighted by molar-refractivity contribution is 6.10. The maximum absolute atomic E-state index is 12.3. The molecular formula is C24H28O6. The number of hydrogen-bond acceptors (Lipinski definition) is 6. The van der Waals surface area contributed by atoms with Crippen LogP contribution in [0.2, 0.25) is 0 Å². The quantitative estimate of drug-likeness (QED) is 0.223. The standard InChI is InChI=1S/C19H20O4.C5H8O2/c1-13(2)12-22-14(3)23-16-9-10-17(18(20)11-16)19(21)15-7-5-4-6-8-15;1-4(2)5(6)7-3/h4-11,14,20H,1,12H2,2-3H3;1H2,2-3H3.